The minimum Gasteiger partial charge on any atom is -0.348 e. The average molecular weight is 380 g/mol. The number of rotatable bonds is 2. The second-order valence-corrected chi connectivity index (χ2v) is 8.40. The van der Waals surface area contributed by atoms with E-state index in [0.29, 0.717) is 0 Å². The van der Waals surface area contributed by atoms with E-state index in [0.717, 1.165) is 12.8 Å². The van der Waals surface area contributed by atoms with Gasteiger partial charge < -0.3 is 4.90 Å². The minimum absolute atomic E-state index is 0.987. The highest BCUT2D eigenvalue weighted by Gasteiger charge is 2.27. The van der Waals surface area contributed by atoms with E-state index in [-0.39, 0.29) is 0 Å². The van der Waals surface area contributed by atoms with Crippen molar-refractivity contribution in [2.24, 2.45) is 0 Å². The van der Waals surface area contributed by atoms with Crippen LogP contribution in [0.15, 0.2) is 72.5 Å². The Morgan fingerprint density at radius 3 is 2.59 bits per heavy atom. The van der Waals surface area contributed by atoms with E-state index in [1.165, 1.54) is 55.8 Å². The largest absolute Gasteiger partial charge is 0.348 e. The molecule has 2 aliphatic heterocycles. The van der Waals surface area contributed by atoms with Crippen molar-refractivity contribution >= 4 is 27.9 Å². The van der Waals surface area contributed by atoms with Crippen LogP contribution >= 0.6 is 0 Å². The van der Waals surface area contributed by atoms with Crippen molar-refractivity contribution in [3.63, 3.8) is 0 Å². The molecule has 0 amide bonds. The molecule has 0 radical (unpaired) electrons. The van der Waals surface area contributed by atoms with Crippen molar-refractivity contribution in [2.45, 2.75) is 26.7 Å². The zero-order valence-corrected chi connectivity index (χ0v) is 17.7. The molecule has 29 heavy (non-hydrogen) atoms. The lowest BCUT2D eigenvalue weighted by Crippen LogP contribution is -2.10. The molecule has 2 aliphatic rings. The van der Waals surface area contributed by atoms with Crippen LogP contribution in [0.5, 0.6) is 0 Å². The van der Waals surface area contributed by atoms with Gasteiger partial charge in [-0.25, -0.2) is 0 Å². The highest BCUT2D eigenvalue weighted by atomic mass is 15.1. The number of fused-ring (bicyclic) bond motifs is 4. The van der Waals surface area contributed by atoms with Gasteiger partial charge in [-0.2, -0.15) is 4.58 Å². The fraction of sp³-hybridized carbons (Fsp3) is 0.222. The van der Waals surface area contributed by atoms with E-state index in [9.17, 15) is 0 Å². The lowest BCUT2D eigenvalue weighted by Gasteiger charge is -2.14. The third kappa shape index (κ3) is 3.00. The normalized spacial score (nSPS) is 17.1. The predicted molar refractivity (Wildman–Crippen MR) is 124 cm³/mol. The molecule has 0 aromatic heterocycles. The van der Waals surface area contributed by atoms with Crippen LogP contribution in [0.25, 0.3) is 10.8 Å². The fourth-order valence-corrected chi connectivity index (χ4v) is 4.72. The zero-order valence-electron chi connectivity index (χ0n) is 17.7. The maximum Gasteiger partial charge on any atom is 0.209 e. The monoisotopic (exact) mass is 379 g/mol. The molecule has 5 rings (SSSR count). The molecule has 0 atom stereocenters. The quantitative estimate of drug-likeness (QED) is 0.506. The van der Waals surface area contributed by atoms with Crippen molar-refractivity contribution in [1.29, 1.82) is 0 Å². The van der Waals surface area contributed by atoms with Crippen molar-refractivity contribution in [2.75, 3.05) is 19.0 Å². The van der Waals surface area contributed by atoms with Gasteiger partial charge in [0.1, 0.15) is 7.05 Å². The van der Waals surface area contributed by atoms with Gasteiger partial charge >= 0.3 is 0 Å². The topological polar surface area (TPSA) is 6.25 Å². The Kier molecular flexibility index (Phi) is 4.16. The minimum atomic E-state index is 0.987. The summed E-state index contributed by atoms with van der Waals surface area (Å²) in [5.74, 6) is 0. The summed E-state index contributed by atoms with van der Waals surface area (Å²) >= 11 is 0. The summed E-state index contributed by atoms with van der Waals surface area (Å²) < 4.78 is 2.33. The van der Waals surface area contributed by atoms with Gasteiger partial charge in [0.05, 0.1) is 6.42 Å². The van der Waals surface area contributed by atoms with Gasteiger partial charge in [-0.1, -0.05) is 47.5 Å². The predicted octanol–water partition coefficient (Wildman–Crippen LogP) is 5.86. The molecule has 0 spiro atoms. The molecule has 0 unspecified atom stereocenters. The van der Waals surface area contributed by atoms with E-state index in [1.54, 1.807) is 0 Å². The van der Waals surface area contributed by atoms with Crippen LogP contribution in [0.4, 0.5) is 11.4 Å². The summed E-state index contributed by atoms with van der Waals surface area (Å²) in [4.78, 5) is 2.31. The Balaban J connectivity index is 1.41. The molecule has 3 aromatic carbocycles. The third-order valence-electron chi connectivity index (χ3n) is 6.39. The molecule has 0 N–H and O–H groups in total. The smallest absolute Gasteiger partial charge is 0.209 e. The summed E-state index contributed by atoms with van der Waals surface area (Å²) in [7, 11) is 4.35. The SMILES string of the molecule is Cc1ccc2c(c1)CC(=CC=CC1=[N+](C)c3ccc4cc(C)ccc4c3C1)N2C. The first-order chi connectivity index (χ1) is 14.0. The molecular formula is C27H27N2+. The summed E-state index contributed by atoms with van der Waals surface area (Å²) in [5, 5.41) is 2.72. The summed E-state index contributed by atoms with van der Waals surface area (Å²) in [6, 6.07) is 18.0. The molecule has 2 nitrogen and oxygen atoms in total. The Morgan fingerprint density at radius 2 is 1.72 bits per heavy atom. The molecule has 0 fully saturated rings. The Hall–Kier alpha value is -3.13. The Bertz CT molecular complexity index is 1240. The van der Waals surface area contributed by atoms with Crippen molar-refractivity contribution in [1.82, 2.24) is 0 Å². The van der Waals surface area contributed by atoms with Gasteiger partial charge in [0.2, 0.25) is 5.69 Å². The highest BCUT2D eigenvalue weighted by Crippen LogP contribution is 2.35. The number of likely N-dealkylation sites (N-methyl/N-ethyl adjacent to an activating group) is 1. The standard InChI is InChI=1S/C27H27N2/c1-18-8-11-24-20(14-18)10-13-27-25(24)17-23(29(27)4)7-5-6-22-16-21-15-19(2)9-12-26(21)28(22)3/h5-15H,16-17H2,1-4H3/q+1. The Morgan fingerprint density at radius 1 is 0.931 bits per heavy atom. The van der Waals surface area contributed by atoms with Crippen LogP contribution < -0.4 is 4.90 Å². The molecule has 0 bridgehead atoms. The first-order valence-electron chi connectivity index (χ1n) is 10.3. The van der Waals surface area contributed by atoms with Crippen molar-refractivity contribution in [3.8, 4) is 0 Å². The number of hydrogen-bond donors (Lipinski definition) is 0. The van der Waals surface area contributed by atoms with E-state index < -0.39 is 0 Å². The van der Waals surface area contributed by atoms with Gasteiger partial charge in [0.25, 0.3) is 0 Å². The second kappa shape index (κ2) is 6.73. The average Bonchev–Trinajstić information content (AvgIpc) is 3.18. The number of aryl methyl sites for hydroxylation is 2. The van der Waals surface area contributed by atoms with Crippen LogP contribution in [-0.4, -0.2) is 24.4 Å². The summed E-state index contributed by atoms with van der Waals surface area (Å²) in [6.07, 6.45) is 8.75. The fourth-order valence-electron chi connectivity index (χ4n) is 4.72. The molecule has 3 aromatic rings. The van der Waals surface area contributed by atoms with Gasteiger partial charge in [-0.05, 0) is 48.4 Å². The van der Waals surface area contributed by atoms with Crippen LogP contribution in [0.3, 0.4) is 0 Å². The number of benzene rings is 3. The molecule has 2 heteroatoms. The van der Waals surface area contributed by atoms with Crippen molar-refractivity contribution in [3.05, 3.63) is 94.7 Å². The molecule has 144 valence electrons. The third-order valence-corrected chi connectivity index (χ3v) is 6.39. The second-order valence-electron chi connectivity index (χ2n) is 8.40. The van der Waals surface area contributed by atoms with Gasteiger partial charge in [-0.15, -0.1) is 0 Å². The maximum atomic E-state index is 2.33. The van der Waals surface area contributed by atoms with E-state index >= 15 is 0 Å². The number of allylic oxidation sites excluding steroid dienone is 4. The number of anilines is 1. The van der Waals surface area contributed by atoms with Crippen LogP contribution in [0.1, 0.15) is 22.3 Å². The van der Waals surface area contributed by atoms with E-state index in [4.69, 9.17) is 0 Å². The number of hydrogen-bond acceptors (Lipinski definition) is 1. The Labute approximate surface area is 173 Å². The zero-order chi connectivity index (χ0) is 20.1. The van der Waals surface area contributed by atoms with Crippen LogP contribution in [0.2, 0.25) is 0 Å². The molecule has 0 saturated heterocycles. The first-order valence-corrected chi connectivity index (χ1v) is 10.3. The van der Waals surface area contributed by atoms with Crippen molar-refractivity contribution < 1.29 is 4.58 Å². The molecule has 2 heterocycles. The van der Waals surface area contributed by atoms with Gasteiger partial charge in [-0.3, -0.25) is 0 Å². The molecular weight excluding hydrogens is 352 g/mol. The lowest BCUT2D eigenvalue weighted by atomic mass is 9.99. The maximum absolute atomic E-state index is 2.33. The van der Waals surface area contributed by atoms with Crippen LogP contribution in [0, 0.1) is 13.8 Å². The molecule has 0 aliphatic carbocycles. The number of nitrogens with zero attached hydrogens (tertiary/aromatic N) is 2. The van der Waals surface area contributed by atoms with E-state index in [1.807, 2.05) is 0 Å². The first kappa shape index (κ1) is 17.9. The van der Waals surface area contributed by atoms with Crippen LogP contribution in [-0.2, 0) is 12.8 Å². The van der Waals surface area contributed by atoms with E-state index in [2.05, 4.69) is 104 Å². The summed E-state index contributed by atoms with van der Waals surface area (Å²) in [6.45, 7) is 4.32. The summed E-state index contributed by atoms with van der Waals surface area (Å²) in [5.41, 5.74) is 10.9. The van der Waals surface area contributed by atoms with Gasteiger partial charge in [0.15, 0.2) is 5.71 Å². The van der Waals surface area contributed by atoms with Gasteiger partial charge in [0, 0.05) is 42.6 Å². The highest BCUT2D eigenvalue weighted by molar-refractivity contribution is 6.01. The molecule has 0 saturated carbocycles. The lowest BCUT2D eigenvalue weighted by molar-refractivity contribution is -0.400.